The molecule has 3 heteroatoms. The molecule has 0 spiro atoms. The van der Waals surface area contributed by atoms with Gasteiger partial charge < -0.3 is 5.32 Å². The second-order valence-corrected chi connectivity index (χ2v) is 6.40. The highest BCUT2D eigenvalue weighted by Crippen LogP contribution is 2.67. The average Bonchev–Trinajstić information content (AvgIpc) is 2.77. The summed E-state index contributed by atoms with van der Waals surface area (Å²) in [5.74, 6) is 0.402. The van der Waals surface area contributed by atoms with Crippen molar-refractivity contribution in [2.24, 2.45) is 16.7 Å². The lowest BCUT2D eigenvalue weighted by molar-refractivity contribution is 0.0950. The molecule has 0 saturated heterocycles. The van der Waals surface area contributed by atoms with Crippen LogP contribution in [0.5, 0.6) is 0 Å². The van der Waals surface area contributed by atoms with Gasteiger partial charge in [0.25, 0.3) is 5.91 Å². The van der Waals surface area contributed by atoms with Gasteiger partial charge in [0, 0.05) is 12.1 Å². The van der Waals surface area contributed by atoms with E-state index in [4.69, 9.17) is 5.26 Å². The third-order valence-electron chi connectivity index (χ3n) is 5.04. The van der Waals surface area contributed by atoms with Crippen LogP contribution in [0.25, 0.3) is 0 Å². The molecule has 0 unspecified atom stereocenters. The van der Waals surface area contributed by atoms with Gasteiger partial charge in [0.2, 0.25) is 0 Å². The van der Waals surface area contributed by atoms with Crippen molar-refractivity contribution in [2.45, 2.75) is 27.7 Å². The Kier molecular flexibility index (Phi) is 3.14. The Labute approximate surface area is 114 Å². The maximum absolute atomic E-state index is 12.0. The lowest BCUT2D eigenvalue weighted by Gasteiger charge is -2.06. The summed E-state index contributed by atoms with van der Waals surface area (Å²) in [4.78, 5) is 12.0. The quantitative estimate of drug-likeness (QED) is 0.904. The molecule has 1 aromatic carbocycles. The maximum Gasteiger partial charge on any atom is 0.251 e. The van der Waals surface area contributed by atoms with Gasteiger partial charge in [-0.15, -0.1) is 0 Å². The van der Waals surface area contributed by atoms with Gasteiger partial charge >= 0.3 is 0 Å². The van der Waals surface area contributed by atoms with Crippen LogP contribution in [0.3, 0.4) is 0 Å². The monoisotopic (exact) mass is 256 g/mol. The molecule has 1 fully saturated rings. The maximum atomic E-state index is 12.0. The van der Waals surface area contributed by atoms with Crippen LogP contribution in [0.1, 0.15) is 43.6 Å². The molecule has 3 nitrogen and oxygen atoms in total. The van der Waals surface area contributed by atoms with E-state index in [0.717, 1.165) is 0 Å². The van der Waals surface area contributed by atoms with Gasteiger partial charge in [-0.3, -0.25) is 4.79 Å². The van der Waals surface area contributed by atoms with Crippen molar-refractivity contribution in [2.75, 3.05) is 6.54 Å². The summed E-state index contributed by atoms with van der Waals surface area (Å²) in [6.45, 7) is 9.64. The van der Waals surface area contributed by atoms with Gasteiger partial charge in [-0.2, -0.15) is 5.26 Å². The summed E-state index contributed by atoms with van der Waals surface area (Å²) in [5.41, 5.74) is 1.61. The van der Waals surface area contributed by atoms with Gasteiger partial charge in [-0.1, -0.05) is 33.8 Å². The highest BCUT2D eigenvalue weighted by atomic mass is 16.1. The van der Waals surface area contributed by atoms with Crippen molar-refractivity contribution in [1.29, 1.82) is 5.26 Å². The zero-order valence-electron chi connectivity index (χ0n) is 11.9. The van der Waals surface area contributed by atoms with E-state index >= 15 is 0 Å². The highest BCUT2D eigenvalue weighted by Gasteiger charge is 2.64. The molecular formula is C16H20N2O. The topological polar surface area (TPSA) is 52.9 Å². The highest BCUT2D eigenvalue weighted by molar-refractivity contribution is 5.94. The largest absolute Gasteiger partial charge is 0.352 e. The van der Waals surface area contributed by atoms with Crippen LogP contribution < -0.4 is 5.32 Å². The van der Waals surface area contributed by atoms with Crippen LogP contribution >= 0.6 is 0 Å². The Hall–Kier alpha value is -1.82. The SMILES string of the molecule is CC1(C)C(CNC(=O)c2cccc(C#N)c2)C1(C)C. The summed E-state index contributed by atoms with van der Waals surface area (Å²) in [7, 11) is 0. The first-order chi connectivity index (χ1) is 8.80. The summed E-state index contributed by atoms with van der Waals surface area (Å²) in [6.07, 6.45) is 0. The van der Waals surface area contributed by atoms with Crippen LogP contribution in [-0.4, -0.2) is 12.5 Å². The summed E-state index contributed by atoms with van der Waals surface area (Å²) in [6, 6.07) is 8.84. The number of nitrogens with one attached hydrogen (secondary N) is 1. The number of rotatable bonds is 3. The van der Waals surface area contributed by atoms with Crippen molar-refractivity contribution in [1.82, 2.24) is 5.32 Å². The van der Waals surface area contributed by atoms with E-state index in [1.807, 2.05) is 6.07 Å². The van der Waals surface area contributed by atoms with E-state index in [9.17, 15) is 4.79 Å². The minimum absolute atomic E-state index is 0.101. The minimum Gasteiger partial charge on any atom is -0.352 e. The molecule has 0 heterocycles. The third kappa shape index (κ3) is 2.23. The van der Waals surface area contributed by atoms with E-state index in [1.54, 1.807) is 24.3 Å². The normalized spacial score (nSPS) is 19.5. The van der Waals surface area contributed by atoms with E-state index in [1.165, 1.54) is 0 Å². The number of amides is 1. The molecule has 1 saturated carbocycles. The van der Waals surface area contributed by atoms with E-state index in [-0.39, 0.29) is 16.7 Å². The smallest absolute Gasteiger partial charge is 0.251 e. The average molecular weight is 256 g/mol. The van der Waals surface area contributed by atoms with Crippen molar-refractivity contribution in [3.63, 3.8) is 0 Å². The van der Waals surface area contributed by atoms with E-state index in [2.05, 4.69) is 33.0 Å². The van der Waals surface area contributed by atoms with E-state index in [0.29, 0.717) is 23.6 Å². The molecule has 1 aliphatic rings. The number of carbonyl (C=O) groups is 1. The fraction of sp³-hybridized carbons (Fsp3) is 0.500. The number of carbonyl (C=O) groups excluding carboxylic acids is 1. The van der Waals surface area contributed by atoms with Gasteiger partial charge in [-0.05, 0) is 34.9 Å². The van der Waals surface area contributed by atoms with Gasteiger partial charge in [0.05, 0.1) is 11.6 Å². The first-order valence-electron chi connectivity index (χ1n) is 6.59. The molecule has 1 aromatic rings. The lowest BCUT2D eigenvalue weighted by atomic mass is 10.0. The van der Waals surface area contributed by atoms with Crippen LogP contribution in [-0.2, 0) is 0 Å². The molecule has 1 aliphatic carbocycles. The summed E-state index contributed by atoms with van der Waals surface area (Å²) in [5, 5.41) is 11.8. The number of nitrogens with zero attached hydrogens (tertiary/aromatic N) is 1. The number of nitriles is 1. The predicted molar refractivity (Wildman–Crippen MR) is 74.5 cm³/mol. The summed E-state index contributed by atoms with van der Waals surface area (Å²) < 4.78 is 0. The van der Waals surface area contributed by atoms with Crippen LogP contribution in [0.4, 0.5) is 0 Å². The molecule has 100 valence electrons. The number of hydrogen-bond acceptors (Lipinski definition) is 2. The molecule has 1 N–H and O–H groups in total. The fourth-order valence-electron chi connectivity index (χ4n) is 2.87. The van der Waals surface area contributed by atoms with Gasteiger partial charge in [0.15, 0.2) is 0 Å². The lowest BCUT2D eigenvalue weighted by Crippen LogP contribution is -2.27. The van der Waals surface area contributed by atoms with Crippen molar-refractivity contribution in [3.8, 4) is 6.07 Å². The Morgan fingerprint density at radius 1 is 1.32 bits per heavy atom. The molecule has 19 heavy (non-hydrogen) atoms. The second-order valence-electron chi connectivity index (χ2n) is 6.40. The second kappa shape index (κ2) is 4.38. The minimum atomic E-state index is -0.101. The van der Waals surface area contributed by atoms with E-state index < -0.39 is 0 Å². The molecule has 0 radical (unpaired) electrons. The van der Waals surface area contributed by atoms with Crippen LogP contribution in [0, 0.1) is 28.1 Å². The Morgan fingerprint density at radius 3 is 2.47 bits per heavy atom. The van der Waals surface area contributed by atoms with Gasteiger partial charge in [0.1, 0.15) is 0 Å². The molecule has 0 bridgehead atoms. The summed E-state index contributed by atoms with van der Waals surface area (Å²) >= 11 is 0. The Morgan fingerprint density at radius 2 is 1.95 bits per heavy atom. The fourth-order valence-corrected chi connectivity index (χ4v) is 2.87. The van der Waals surface area contributed by atoms with Crippen molar-refractivity contribution < 1.29 is 4.79 Å². The molecule has 1 amide bonds. The Bertz CT molecular complexity index is 538. The molecule has 0 aliphatic heterocycles. The third-order valence-corrected chi connectivity index (χ3v) is 5.04. The first-order valence-corrected chi connectivity index (χ1v) is 6.59. The first kappa shape index (κ1) is 13.6. The molecule has 2 rings (SSSR count). The van der Waals surface area contributed by atoms with Crippen LogP contribution in [0.2, 0.25) is 0 Å². The van der Waals surface area contributed by atoms with Crippen LogP contribution in [0.15, 0.2) is 24.3 Å². The predicted octanol–water partition coefficient (Wildman–Crippen LogP) is 2.97. The zero-order chi connectivity index (χ0) is 14.3. The van der Waals surface area contributed by atoms with Crippen molar-refractivity contribution >= 4 is 5.91 Å². The number of benzene rings is 1. The van der Waals surface area contributed by atoms with Gasteiger partial charge in [-0.25, -0.2) is 0 Å². The standard InChI is InChI=1S/C16H20N2O/c1-15(2)13(16(15,3)4)10-18-14(19)12-7-5-6-11(8-12)9-17/h5-8,13H,10H2,1-4H3,(H,18,19). The molecular weight excluding hydrogens is 236 g/mol. The van der Waals surface area contributed by atoms with Crippen molar-refractivity contribution in [3.05, 3.63) is 35.4 Å². The zero-order valence-corrected chi connectivity index (χ0v) is 11.9. The molecule has 0 aromatic heterocycles. The number of hydrogen-bond donors (Lipinski definition) is 1. The Balaban J connectivity index is 1.98. The molecule has 0 atom stereocenters.